The van der Waals surface area contributed by atoms with Crippen LogP contribution in [0.1, 0.15) is 33.6 Å². The molecule has 0 radical (unpaired) electrons. The molecule has 2 rings (SSSR count). The minimum Gasteiger partial charge on any atom is -0.303 e. The molecule has 0 heterocycles. The van der Waals surface area contributed by atoms with Gasteiger partial charge in [-0.2, -0.15) is 0 Å². The summed E-state index contributed by atoms with van der Waals surface area (Å²) < 4.78 is 0. The molecule has 0 saturated heterocycles. The zero-order valence-electron chi connectivity index (χ0n) is 10.0. The fourth-order valence-electron chi connectivity index (χ4n) is 1.29. The number of rotatable bonds is 2. The number of benzene rings is 1. The van der Waals surface area contributed by atoms with Crippen LogP contribution in [0.25, 0.3) is 0 Å². The Morgan fingerprint density at radius 2 is 1.47 bits per heavy atom. The van der Waals surface area contributed by atoms with Crippen molar-refractivity contribution in [1.29, 1.82) is 0 Å². The zero-order valence-corrected chi connectivity index (χ0v) is 10.0. The summed E-state index contributed by atoms with van der Waals surface area (Å²) in [5, 5.41) is 0. The molecule has 0 aliphatic heterocycles. The predicted molar refractivity (Wildman–Crippen MR) is 65.7 cm³/mol. The maximum absolute atomic E-state index is 9.94. The first kappa shape index (κ1) is 13.9. The van der Waals surface area contributed by atoms with E-state index in [1.165, 1.54) is 6.42 Å². The molecule has 1 aromatic carbocycles. The van der Waals surface area contributed by atoms with Gasteiger partial charge in [-0.1, -0.05) is 63.6 Å². The average molecular weight is 206 g/mol. The molecule has 1 saturated carbocycles. The van der Waals surface area contributed by atoms with Crippen LogP contribution in [0.4, 0.5) is 0 Å². The summed E-state index contributed by atoms with van der Waals surface area (Å²) in [4.78, 5) is 9.94. The summed E-state index contributed by atoms with van der Waals surface area (Å²) in [7, 11) is 0. The molecule has 1 heteroatoms. The molecule has 0 unspecified atom stereocenters. The van der Waals surface area contributed by atoms with E-state index in [1.54, 1.807) is 0 Å². The fourth-order valence-corrected chi connectivity index (χ4v) is 1.29. The van der Waals surface area contributed by atoms with Crippen molar-refractivity contribution >= 4 is 6.29 Å². The summed E-state index contributed by atoms with van der Waals surface area (Å²) >= 11 is 0. The van der Waals surface area contributed by atoms with Crippen molar-refractivity contribution in [1.82, 2.24) is 0 Å². The smallest absolute Gasteiger partial charge is 0.123 e. The van der Waals surface area contributed by atoms with Gasteiger partial charge in [-0.3, -0.25) is 0 Å². The van der Waals surface area contributed by atoms with E-state index in [4.69, 9.17) is 0 Å². The van der Waals surface area contributed by atoms with E-state index in [1.807, 2.05) is 50.2 Å². The van der Waals surface area contributed by atoms with Crippen LogP contribution >= 0.6 is 0 Å². The highest BCUT2D eigenvalue weighted by Gasteiger charge is 2.34. The molecule has 0 N–H and O–H groups in total. The van der Waals surface area contributed by atoms with Crippen LogP contribution in [-0.2, 0) is 4.79 Å². The van der Waals surface area contributed by atoms with Crippen LogP contribution in [0, 0.1) is 11.8 Å². The third-order valence-electron chi connectivity index (χ3n) is 2.34. The van der Waals surface area contributed by atoms with Gasteiger partial charge in [0.15, 0.2) is 0 Å². The van der Waals surface area contributed by atoms with E-state index in [0.717, 1.165) is 18.6 Å². The van der Waals surface area contributed by atoms with Crippen LogP contribution in [0.3, 0.4) is 0 Å². The SMILES string of the molecule is CC.CC[C@H]1C[C@H]1C=O.c1ccccc1. The van der Waals surface area contributed by atoms with Gasteiger partial charge in [-0.25, -0.2) is 0 Å². The lowest BCUT2D eigenvalue weighted by Crippen LogP contribution is -1.78. The second-order valence-electron chi connectivity index (χ2n) is 3.36. The maximum Gasteiger partial charge on any atom is 0.123 e. The molecule has 84 valence electrons. The van der Waals surface area contributed by atoms with E-state index in [-0.39, 0.29) is 0 Å². The van der Waals surface area contributed by atoms with Crippen molar-refractivity contribution in [2.24, 2.45) is 11.8 Å². The lowest BCUT2D eigenvalue weighted by atomic mass is 10.3. The molecular formula is C14H22O. The van der Waals surface area contributed by atoms with Gasteiger partial charge in [-0.05, 0) is 12.3 Å². The van der Waals surface area contributed by atoms with Crippen molar-refractivity contribution in [3.8, 4) is 0 Å². The third-order valence-corrected chi connectivity index (χ3v) is 2.34. The largest absolute Gasteiger partial charge is 0.303 e. The quantitative estimate of drug-likeness (QED) is 0.670. The Bertz CT molecular complexity index is 204. The Labute approximate surface area is 93.5 Å². The average Bonchev–Trinajstić information content (AvgIpc) is 3.13. The molecular weight excluding hydrogens is 184 g/mol. The van der Waals surface area contributed by atoms with Crippen molar-refractivity contribution in [2.75, 3.05) is 0 Å². The van der Waals surface area contributed by atoms with Gasteiger partial charge in [-0.15, -0.1) is 0 Å². The molecule has 1 fully saturated rings. The number of carbonyl (C=O) groups is 1. The lowest BCUT2D eigenvalue weighted by Gasteiger charge is -1.78. The molecule has 1 aliphatic carbocycles. The number of hydrogen-bond donors (Lipinski definition) is 0. The Hall–Kier alpha value is -1.11. The van der Waals surface area contributed by atoms with Gasteiger partial charge in [0.1, 0.15) is 6.29 Å². The van der Waals surface area contributed by atoms with Gasteiger partial charge in [0.2, 0.25) is 0 Å². The normalized spacial score (nSPS) is 21.3. The molecule has 1 aromatic rings. The topological polar surface area (TPSA) is 17.1 Å². The van der Waals surface area contributed by atoms with Crippen LogP contribution < -0.4 is 0 Å². The van der Waals surface area contributed by atoms with Crippen molar-refractivity contribution in [3.63, 3.8) is 0 Å². The highest BCUT2D eigenvalue weighted by atomic mass is 16.1. The van der Waals surface area contributed by atoms with E-state index in [2.05, 4.69) is 6.92 Å². The van der Waals surface area contributed by atoms with Gasteiger partial charge < -0.3 is 4.79 Å². The first-order valence-electron chi connectivity index (χ1n) is 5.83. The molecule has 15 heavy (non-hydrogen) atoms. The van der Waals surface area contributed by atoms with Crippen molar-refractivity contribution < 1.29 is 4.79 Å². The second-order valence-corrected chi connectivity index (χ2v) is 3.36. The monoisotopic (exact) mass is 206 g/mol. The summed E-state index contributed by atoms with van der Waals surface area (Å²) in [5.74, 6) is 1.18. The first-order chi connectivity index (χ1) is 7.38. The Kier molecular flexibility index (Phi) is 8.75. The van der Waals surface area contributed by atoms with Crippen LogP contribution in [0.2, 0.25) is 0 Å². The summed E-state index contributed by atoms with van der Waals surface area (Å²) in [6.45, 7) is 6.13. The molecule has 0 bridgehead atoms. The van der Waals surface area contributed by atoms with Gasteiger partial charge in [0, 0.05) is 5.92 Å². The van der Waals surface area contributed by atoms with E-state index < -0.39 is 0 Å². The fraction of sp³-hybridized carbons (Fsp3) is 0.500. The summed E-state index contributed by atoms with van der Waals surface area (Å²) in [6.07, 6.45) is 3.41. The summed E-state index contributed by atoms with van der Waals surface area (Å²) in [6, 6.07) is 12.0. The number of carbonyl (C=O) groups excluding carboxylic acids is 1. The molecule has 0 aromatic heterocycles. The zero-order chi connectivity index (χ0) is 11.5. The van der Waals surface area contributed by atoms with Crippen LogP contribution in [0.15, 0.2) is 36.4 Å². The van der Waals surface area contributed by atoms with E-state index in [0.29, 0.717) is 5.92 Å². The van der Waals surface area contributed by atoms with E-state index >= 15 is 0 Å². The Morgan fingerprint density at radius 1 is 1.07 bits per heavy atom. The maximum atomic E-state index is 9.94. The molecule has 0 spiro atoms. The van der Waals surface area contributed by atoms with Gasteiger partial charge >= 0.3 is 0 Å². The second kappa shape index (κ2) is 9.45. The van der Waals surface area contributed by atoms with Crippen LogP contribution in [-0.4, -0.2) is 6.29 Å². The molecule has 0 amide bonds. The summed E-state index contributed by atoms with van der Waals surface area (Å²) in [5.41, 5.74) is 0. The first-order valence-corrected chi connectivity index (χ1v) is 5.83. The Morgan fingerprint density at radius 3 is 1.60 bits per heavy atom. The molecule has 1 nitrogen and oxygen atoms in total. The molecule has 2 atom stereocenters. The predicted octanol–water partition coefficient (Wildman–Crippen LogP) is 3.94. The highest BCUT2D eigenvalue weighted by Crippen LogP contribution is 2.38. The van der Waals surface area contributed by atoms with Crippen molar-refractivity contribution in [3.05, 3.63) is 36.4 Å². The van der Waals surface area contributed by atoms with Crippen molar-refractivity contribution in [2.45, 2.75) is 33.6 Å². The Balaban J connectivity index is 0.000000227. The lowest BCUT2D eigenvalue weighted by molar-refractivity contribution is -0.109. The van der Waals surface area contributed by atoms with E-state index in [9.17, 15) is 4.79 Å². The van der Waals surface area contributed by atoms with Gasteiger partial charge in [0.25, 0.3) is 0 Å². The number of hydrogen-bond acceptors (Lipinski definition) is 1. The minimum absolute atomic E-state index is 0.435. The van der Waals surface area contributed by atoms with Crippen LogP contribution in [0.5, 0.6) is 0 Å². The third kappa shape index (κ3) is 6.89. The number of aldehydes is 1. The standard InChI is InChI=1S/C6H10O.C6H6.C2H6/c1-2-5-3-6(5)4-7;1-2-4-6-5-3-1;1-2/h4-6H,2-3H2,1H3;1-6H;1-2H3/t5-,6-;;/m0../s1. The highest BCUT2D eigenvalue weighted by molar-refractivity contribution is 5.57. The van der Waals surface area contributed by atoms with Gasteiger partial charge in [0.05, 0.1) is 0 Å². The minimum atomic E-state index is 0.435. The molecule has 1 aliphatic rings.